The second-order valence-corrected chi connectivity index (χ2v) is 8.06. The molecule has 112 valence electrons. The molecule has 1 aromatic carbocycles. The molecule has 2 rings (SSSR count). The molecule has 0 saturated heterocycles. The largest absolute Gasteiger partial charge is 0.289 e. The van der Waals surface area contributed by atoms with Gasteiger partial charge in [0.2, 0.25) is 0 Å². The zero-order valence-electron chi connectivity index (χ0n) is 9.84. The Kier molecular flexibility index (Phi) is 4.64. The Hall–Kier alpha value is -1.06. The third-order valence-electron chi connectivity index (χ3n) is 2.31. The maximum atomic E-state index is 12.2. The molecule has 1 heterocycles. The molecule has 0 aliphatic rings. The van der Waals surface area contributed by atoms with Gasteiger partial charge in [0.25, 0.3) is 15.7 Å². The van der Waals surface area contributed by atoms with Crippen LogP contribution in [0.15, 0.2) is 29.2 Å². The lowest BCUT2D eigenvalue weighted by Gasteiger charge is -2.07. The molecule has 0 spiro atoms. The van der Waals surface area contributed by atoms with Gasteiger partial charge in [-0.2, -0.15) is 0 Å². The van der Waals surface area contributed by atoms with Gasteiger partial charge in [-0.1, -0.05) is 34.8 Å². The molecule has 0 fully saturated rings. The van der Waals surface area contributed by atoms with Gasteiger partial charge in [-0.25, -0.2) is 8.42 Å². The third kappa shape index (κ3) is 3.58. The fourth-order valence-corrected chi connectivity index (χ4v) is 4.82. The number of nitrogens with one attached hydrogen (secondary N) is 1. The zero-order valence-corrected chi connectivity index (χ0v) is 13.7. The maximum Gasteiger partial charge on any atom is 0.289 e. The summed E-state index contributed by atoms with van der Waals surface area (Å²) in [6, 6.07) is 4.73. The molecule has 0 radical (unpaired) electrons. The van der Waals surface area contributed by atoms with Gasteiger partial charge in [-0.05, 0) is 18.2 Å². The molecule has 0 aliphatic heterocycles. The van der Waals surface area contributed by atoms with E-state index in [1.165, 1.54) is 18.2 Å². The number of rotatable bonds is 4. The number of hydrogen-bond donors (Lipinski definition) is 1. The van der Waals surface area contributed by atoms with E-state index in [9.17, 15) is 18.5 Å². The Balaban J connectivity index is 2.40. The number of anilines is 1. The van der Waals surface area contributed by atoms with E-state index in [0.29, 0.717) is 0 Å². The minimum Gasteiger partial charge on any atom is -0.279 e. The topological polar surface area (TPSA) is 89.3 Å². The molecular weight excluding hydrogens is 383 g/mol. The Labute approximate surface area is 138 Å². The Morgan fingerprint density at radius 2 is 1.86 bits per heavy atom. The molecule has 2 aromatic rings. The summed E-state index contributed by atoms with van der Waals surface area (Å²) in [4.78, 5) is 9.86. The van der Waals surface area contributed by atoms with Gasteiger partial charge < -0.3 is 0 Å². The van der Waals surface area contributed by atoms with E-state index < -0.39 is 20.6 Å². The zero-order chi connectivity index (χ0) is 15.8. The first kappa shape index (κ1) is 16.3. The molecule has 0 amide bonds. The summed E-state index contributed by atoms with van der Waals surface area (Å²) in [5.41, 5.74) is -0.421. The van der Waals surface area contributed by atoms with E-state index >= 15 is 0 Å². The van der Waals surface area contributed by atoms with Gasteiger partial charge in [-0.3, -0.25) is 14.8 Å². The van der Waals surface area contributed by atoms with Crippen LogP contribution in [-0.2, 0) is 10.0 Å². The first-order valence-corrected chi connectivity index (χ1v) is 8.55. The first-order valence-electron chi connectivity index (χ1n) is 5.12. The predicted octanol–water partition coefficient (Wildman–Crippen LogP) is 4.42. The quantitative estimate of drug-likeness (QED) is 0.621. The first-order chi connectivity index (χ1) is 9.70. The van der Waals surface area contributed by atoms with Crippen LogP contribution in [0.5, 0.6) is 0 Å². The average molecular weight is 388 g/mol. The molecule has 6 nitrogen and oxygen atoms in total. The van der Waals surface area contributed by atoms with Crippen LogP contribution in [0.1, 0.15) is 0 Å². The maximum absolute atomic E-state index is 12.2. The van der Waals surface area contributed by atoms with Crippen molar-refractivity contribution in [2.75, 3.05) is 4.72 Å². The van der Waals surface area contributed by atoms with Gasteiger partial charge in [0, 0.05) is 6.07 Å². The van der Waals surface area contributed by atoms with Crippen LogP contribution in [0.4, 0.5) is 11.4 Å². The number of nitro groups is 1. The number of thiophene rings is 1. The fraction of sp³-hybridized carbons (Fsp3) is 0. The number of benzene rings is 1. The van der Waals surface area contributed by atoms with Crippen molar-refractivity contribution in [1.82, 2.24) is 0 Å². The highest BCUT2D eigenvalue weighted by Gasteiger charge is 2.22. The predicted molar refractivity (Wildman–Crippen MR) is 83.3 cm³/mol. The Morgan fingerprint density at radius 3 is 2.38 bits per heavy atom. The van der Waals surface area contributed by atoms with E-state index in [1.807, 2.05) is 0 Å². The lowest BCUT2D eigenvalue weighted by Crippen LogP contribution is -2.12. The number of nitro benzene ring substituents is 1. The van der Waals surface area contributed by atoms with Crippen LogP contribution in [0.3, 0.4) is 0 Å². The van der Waals surface area contributed by atoms with E-state index in [4.69, 9.17) is 34.8 Å². The SMILES string of the molecule is O=[N+]([O-])c1cc(NS(=O)(=O)c2cc(Cl)sc2Cl)ccc1Cl. The highest BCUT2D eigenvalue weighted by molar-refractivity contribution is 7.93. The third-order valence-corrected chi connectivity index (χ3v) is 5.76. The average Bonchev–Trinajstić information content (AvgIpc) is 2.71. The number of halogens is 3. The molecule has 1 aromatic heterocycles. The molecule has 1 N–H and O–H groups in total. The minimum atomic E-state index is -4.00. The molecule has 11 heteroatoms. The fourth-order valence-electron chi connectivity index (χ4n) is 1.43. The van der Waals surface area contributed by atoms with E-state index in [0.717, 1.165) is 17.4 Å². The van der Waals surface area contributed by atoms with E-state index in [1.54, 1.807) is 0 Å². The normalized spacial score (nSPS) is 11.4. The molecular formula is C10H5Cl3N2O4S2. The molecule has 0 saturated carbocycles. The lowest BCUT2D eigenvalue weighted by molar-refractivity contribution is -0.384. The van der Waals surface area contributed by atoms with Gasteiger partial charge in [0.1, 0.15) is 14.3 Å². The standard InChI is InChI=1S/C10H5Cl3N2O4S2/c11-6-2-1-5(3-7(6)15(16)17)14-21(18,19)8-4-9(12)20-10(8)13/h1-4,14H. The van der Waals surface area contributed by atoms with Crippen molar-refractivity contribution in [3.63, 3.8) is 0 Å². The number of hydrogen-bond acceptors (Lipinski definition) is 5. The van der Waals surface area contributed by atoms with Crippen LogP contribution in [0, 0.1) is 10.1 Å². The summed E-state index contributed by atoms with van der Waals surface area (Å²) < 4.78 is 26.7. The van der Waals surface area contributed by atoms with Crippen LogP contribution in [-0.4, -0.2) is 13.3 Å². The van der Waals surface area contributed by atoms with Crippen molar-refractivity contribution in [2.45, 2.75) is 4.90 Å². The van der Waals surface area contributed by atoms with Crippen molar-refractivity contribution in [1.29, 1.82) is 0 Å². The molecule has 0 unspecified atom stereocenters. The van der Waals surface area contributed by atoms with Crippen molar-refractivity contribution < 1.29 is 13.3 Å². The summed E-state index contributed by atoms with van der Waals surface area (Å²) in [5, 5.41) is 10.7. The minimum absolute atomic E-state index is 0.00374. The lowest BCUT2D eigenvalue weighted by atomic mass is 10.3. The van der Waals surface area contributed by atoms with E-state index in [-0.39, 0.29) is 24.3 Å². The monoisotopic (exact) mass is 386 g/mol. The molecule has 0 bridgehead atoms. The highest BCUT2D eigenvalue weighted by Crippen LogP contribution is 2.35. The van der Waals surface area contributed by atoms with Gasteiger partial charge >= 0.3 is 0 Å². The smallest absolute Gasteiger partial charge is 0.279 e. The molecule has 0 aliphatic carbocycles. The number of nitrogens with zero attached hydrogens (tertiary/aromatic N) is 1. The van der Waals surface area contributed by atoms with Crippen molar-refractivity contribution in [3.8, 4) is 0 Å². The van der Waals surface area contributed by atoms with Crippen LogP contribution in [0.2, 0.25) is 13.7 Å². The summed E-state index contributed by atoms with van der Waals surface area (Å²) in [6.45, 7) is 0. The van der Waals surface area contributed by atoms with Crippen molar-refractivity contribution in [3.05, 3.63) is 48.1 Å². The molecule has 0 atom stereocenters. The van der Waals surface area contributed by atoms with Crippen molar-refractivity contribution in [2.24, 2.45) is 0 Å². The Bertz CT molecular complexity index is 820. The summed E-state index contributed by atoms with van der Waals surface area (Å²) in [6.07, 6.45) is 0. The van der Waals surface area contributed by atoms with Crippen LogP contribution >= 0.6 is 46.1 Å². The second kappa shape index (κ2) is 5.98. The van der Waals surface area contributed by atoms with Gasteiger partial charge in [-0.15, -0.1) is 11.3 Å². The van der Waals surface area contributed by atoms with Crippen LogP contribution < -0.4 is 4.72 Å². The van der Waals surface area contributed by atoms with Crippen molar-refractivity contribution >= 4 is 67.5 Å². The van der Waals surface area contributed by atoms with Gasteiger partial charge in [0.05, 0.1) is 14.9 Å². The summed E-state index contributed by atoms with van der Waals surface area (Å²) >= 11 is 18.0. The Morgan fingerprint density at radius 1 is 1.19 bits per heavy atom. The molecule has 21 heavy (non-hydrogen) atoms. The number of sulfonamides is 1. The van der Waals surface area contributed by atoms with Gasteiger partial charge in [0.15, 0.2) is 0 Å². The van der Waals surface area contributed by atoms with E-state index in [2.05, 4.69) is 4.72 Å². The summed E-state index contributed by atoms with van der Waals surface area (Å²) in [7, 11) is -4.00. The second-order valence-electron chi connectivity index (χ2n) is 3.72. The highest BCUT2D eigenvalue weighted by atomic mass is 35.5. The van der Waals surface area contributed by atoms with Crippen LogP contribution in [0.25, 0.3) is 0 Å². The summed E-state index contributed by atoms with van der Waals surface area (Å²) in [5.74, 6) is 0.